The standard InChI is InChI=1S/C19H17Cl2.2ClH.Zr/c1-12-9-10-17(18-14(3)13(2)11-16(12)18)19(20,21)15-7-5-4-6-8-15;;;/h4-11H,1-3H3;2*1H;/q-1;;;+2/p-2. The Bertz CT molecular complexity index is 822. The molecule has 0 atom stereocenters. The van der Waals surface area contributed by atoms with Gasteiger partial charge in [-0.2, -0.15) is 5.56 Å². The number of alkyl halides is 2. The zero-order valence-electron chi connectivity index (χ0n) is 13.6. The topological polar surface area (TPSA) is 0 Å². The van der Waals surface area contributed by atoms with Gasteiger partial charge in [-0.15, -0.1) is 34.0 Å². The summed E-state index contributed by atoms with van der Waals surface area (Å²) in [4.78, 5) is 0. The first-order chi connectivity index (χ1) is 11.3. The molecule has 0 amide bonds. The molecule has 24 heavy (non-hydrogen) atoms. The molecule has 0 radical (unpaired) electrons. The van der Waals surface area contributed by atoms with Crippen molar-refractivity contribution in [3.05, 3.63) is 76.3 Å². The van der Waals surface area contributed by atoms with Crippen LogP contribution in [0.2, 0.25) is 0 Å². The van der Waals surface area contributed by atoms with Crippen LogP contribution < -0.4 is 0 Å². The molecule has 3 aromatic rings. The van der Waals surface area contributed by atoms with E-state index < -0.39 is 25.2 Å². The molecule has 0 spiro atoms. The molecular formula is C19H17Cl4Zr-. The fourth-order valence-corrected chi connectivity index (χ4v) is 3.47. The molecule has 0 aliphatic heterocycles. The molecule has 0 nitrogen and oxygen atoms in total. The Labute approximate surface area is 172 Å². The van der Waals surface area contributed by atoms with Gasteiger partial charge in [0.25, 0.3) is 0 Å². The third kappa shape index (κ3) is 4.08. The van der Waals surface area contributed by atoms with Crippen LogP contribution >= 0.6 is 40.2 Å². The van der Waals surface area contributed by atoms with Gasteiger partial charge in [-0.25, -0.2) is 0 Å². The normalized spacial score (nSPS) is 11.1. The average Bonchev–Trinajstić information content (AvgIpc) is 2.86. The monoisotopic (exact) mass is 475 g/mol. The number of hydrogen-bond donors (Lipinski definition) is 0. The number of halogens is 4. The molecular weight excluding hydrogens is 461 g/mol. The third-order valence-corrected chi connectivity index (χ3v) is 5.11. The Morgan fingerprint density at radius 3 is 2.08 bits per heavy atom. The second-order valence-corrected chi connectivity index (χ2v) is 10.7. The number of fused-ring (bicyclic) bond motifs is 1. The van der Waals surface area contributed by atoms with Crippen molar-refractivity contribution in [2.24, 2.45) is 0 Å². The first-order valence-electron chi connectivity index (χ1n) is 7.40. The Morgan fingerprint density at radius 1 is 0.917 bits per heavy atom. The maximum absolute atomic E-state index is 6.76. The molecule has 3 aromatic carbocycles. The average molecular weight is 478 g/mol. The van der Waals surface area contributed by atoms with E-state index in [0.29, 0.717) is 0 Å². The molecule has 126 valence electrons. The molecule has 0 aliphatic carbocycles. The molecule has 0 saturated carbocycles. The van der Waals surface area contributed by atoms with Crippen LogP contribution in [0.5, 0.6) is 0 Å². The molecule has 0 unspecified atom stereocenters. The van der Waals surface area contributed by atoms with Crippen molar-refractivity contribution in [3.63, 3.8) is 0 Å². The van der Waals surface area contributed by atoms with Gasteiger partial charge in [-0.3, -0.25) is 0 Å². The molecule has 0 saturated heterocycles. The summed E-state index contributed by atoms with van der Waals surface area (Å²) in [6.07, 6.45) is 0. The van der Waals surface area contributed by atoms with E-state index in [4.69, 9.17) is 40.2 Å². The maximum atomic E-state index is 6.76. The van der Waals surface area contributed by atoms with Gasteiger partial charge in [0.15, 0.2) is 4.33 Å². The molecule has 0 N–H and O–H groups in total. The van der Waals surface area contributed by atoms with Gasteiger partial charge in [-0.1, -0.05) is 85.9 Å². The van der Waals surface area contributed by atoms with Crippen LogP contribution in [0, 0.1) is 20.8 Å². The number of aryl methyl sites for hydroxylation is 3. The molecule has 0 fully saturated rings. The Hall–Kier alpha value is 0.0931. The van der Waals surface area contributed by atoms with Crippen molar-refractivity contribution in [2.45, 2.75) is 25.1 Å². The van der Waals surface area contributed by atoms with Crippen molar-refractivity contribution in [3.8, 4) is 0 Å². The Kier molecular flexibility index (Phi) is 7.36. The zero-order valence-corrected chi connectivity index (χ0v) is 19.1. The van der Waals surface area contributed by atoms with Crippen molar-refractivity contribution < 1.29 is 20.8 Å². The molecule has 0 aliphatic rings. The van der Waals surface area contributed by atoms with Crippen LogP contribution in [0.4, 0.5) is 0 Å². The van der Waals surface area contributed by atoms with E-state index in [0.717, 1.165) is 11.1 Å². The summed E-state index contributed by atoms with van der Waals surface area (Å²) in [5, 5.41) is 2.42. The predicted octanol–water partition coefficient (Wildman–Crippen LogP) is 7.54. The Balaban J connectivity index is 0.000000647. The van der Waals surface area contributed by atoms with Crippen LogP contribution in [0.1, 0.15) is 27.8 Å². The number of rotatable bonds is 2. The summed E-state index contributed by atoms with van der Waals surface area (Å²) in [5.74, 6) is 0. The zero-order chi connectivity index (χ0) is 17.9. The van der Waals surface area contributed by atoms with E-state index in [1.54, 1.807) is 0 Å². The van der Waals surface area contributed by atoms with Crippen LogP contribution in [-0.4, -0.2) is 0 Å². The van der Waals surface area contributed by atoms with Gasteiger partial charge in [0.1, 0.15) is 0 Å². The summed E-state index contributed by atoms with van der Waals surface area (Å²) in [6.45, 7) is 6.39. The van der Waals surface area contributed by atoms with E-state index in [9.17, 15) is 0 Å². The third-order valence-electron chi connectivity index (χ3n) is 4.27. The van der Waals surface area contributed by atoms with Crippen LogP contribution in [-0.2, 0) is 25.2 Å². The van der Waals surface area contributed by atoms with Gasteiger partial charge in [0, 0.05) is 0 Å². The van der Waals surface area contributed by atoms with Gasteiger partial charge in [0.05, 0.1) is 0 Å². The number of benzene rings is 2. The van der Waals surface area contributed by atoms with Crippen LogP contribution in [0.3, 0.4) is 0 Å². The van der Waals surface area contributed by atoms with Crippen LogP contribution in [0.25, 0.3) is 10.8 Å². The van der Waals surface area contributed by atoms with E-state index in [2.05, 4.69) is 39.0 Å². The van der Waals surface area contributed by atoms with Gasteiger partial charge < -0.3 is 0 Å². The molecule has 3 rings (SSSR count). The fraction of sp³-hybridized carbons (Fsp3) is 0.211. The minimum absolute atomic E-state index is 0.826. The molecule has 0 bridgehead atoms. The van der Waals surface area contributed by atoms with E-state index >= 15 is 0 Å². The molecule has 0 heterocycles. The summed E-state index contributed by atoms with van der Waals surface area (Å²) < 4.78 is -1.04. The van der Waals surface area contributed by atoms with E-state index in [-0.39, 0.29) is 0 Å². The van der Waals surface area contributed by atoms with Gasteiger partial charge >= 0.3 is 37.9 Å². The van der Waals surface area contributed by atoms with Gasteiger partial charge in [0.2, 0.25) is 0 Å². The second kappa shape index (κ2) is 8.65. The minimum atomic E-state index is -1.04. The van der Waals surface area contributed by atoms with Crippen molar-refractivity contribution in [1.29, 1.82) is 0 Å². The first-order valence-corrected chi connectivity index (χ1v) is 14.5. The second-order valence-electron chi connectivity index (χ2n) is 5.68. The van der Waals surface area contributed by atoms with Crippen molar-refractivity contribution in [2.75, 3.05) is 0 Å². The van der Waals surface area contributed by atoms with Gasteiger partial charge in [-0.05, 0) is 5.56 Å². The van der Waals surface area contributed by atoms with E-state index in [1.807, 2.05) is 30.3 Å². The SMILES string of the molecule is Cc1[cH-]c2c(C)ccc(C(Cl)(Cl)c3ccccc3)c2c1C.[Cl][Zr][Cl]. The summed E-state index contributed by atoms with van der Waals surface area (Å²) in [7, 11) is 9.87. The summed E-state index contributed by atoms with van der Waals surface area (Å²) in [5.41, 5.74) is 5.64. The number of hydrogen-bond acceptors (Lipinski definition) is 0. The summed E-state index contributed by atoms with van der Waals surface area (Å²) in [6, 6.07) is 16.2. The van der Waals surface area contributed by atoms with Crippen molar-refractivity contribution in [1.82, 2.24) is 0 Å². The Morgan fingerprint density at radius 2 is 1.50 bits per heavy atom. The predicted molar refractivity (Wildman–Crippen MR) is 104 cm³/mol. The first kappa shape index (κ1) is 20.4. The van der Waals surface area contributed by atoms with E-state index in [1.165, 1.54) is 27.5 Å². The molecule has 0 aromatic heterocycles. The fourth-order valence-electron chi connectivity index (χ4n) is 2.90. The molecule has 5 heteroatoms. The van der Waals surface area contributed by atoms with Crippen LogP contribution in [0.15, 0.2) is 48.5 Å². The van der Waals surface area contributed by atoms with Crippen molar-refractivity contribution >= 4 is 51.0 Å². The quantitative estimate of drug-likeness (QED) is 0.264. The summed E-state index contributed by atoms with van der Waals surface area (Å²) >= 11 is 12.7.